The van der Waals surface area contributed by atoms with Gasteiger partial charge in [0.1, 0.15) is 12.4 Å². The Morgan fingerprint density at radius 1 is 1.06 bits per heavy atom. The van der Waals surface area contributed by atoms with Gasteiger partial charge in [-0.1, -0.05) is 49.1 Å². The van der Waals surface area contributed by atoms with Gasteiger partial charge in [-0.2, -0.15) is 0 Å². The van der Waals surface area contributed by atoms with Crippen molar-refractivity contribution < 1.29 is 9.59 Å². The number of amides is 2. The summed E-state index contributed by atoms with van der Waals surface area (Å²) in [6.07, 6.45) is 5.69. The van der Waals surface area contributed by atoms with Crippen molar-refractivity contribution in [1.29, 1.82) is 0 Å². The van der Waals surface area contributed by atoms with Gasteiger partial charge < -0.3 is 15.2 Å². The van der Waals surface area contributed by atoms with Crippen LogP contribution in [0.5, 0.6) is 0 Å². The number of nitrogens with zero attached hydrogens (tertiary/aromatic N) is 2. The molecule has 0 bridgehead atoms. The van der Waals surface area contributed by atoms with E-state index in [-0.39, 0.29) is 30.4 Å². The summed E-state index contributed by atoms with van der Waals surface area (Å²) in [5, 5.41) is 6.22. The Bertz CT molecular complexity index is 1060. The van der Waals surface area contributed by atoms with Gasteiger partial charge in [0, 0.05) is 11.6 Å². The summed E-state index contributed by atoms with van der Waals surface area (Å²) in [5.74, 6) is 0.520. The van der Waals surface area contributed by atoms with Crippen molar-refractivity contribution in [3.63, 3.8) is 0 Å². The fraction of sp³-hybridized carbons (Fsp3) is 0.400. The van der Waals surface area contributed by atoms with Gasteiger partial charge in [-0.3, -0.25) is 9.59 Å². The molecule has 1 atom stereocenters. The van der Waals surface area contributed by atoms with Crippen LogP contribution in [-0.4, -0.2) is 27.4 Å². The molecule has 2 aromatic carbocycles. The fourth-order valence-corrected chi connectivity index (χ4v) is 4.30. The molecule has 162 valence electrons. The number of carbonyl (C=O) groups excluding carboxylic acids is 2. The van der Waals surface area contributed by atoms with E-state index in [1.54, 1.807) is 0 Å². The molecule has 1 heterocycles. The summed E-state index contributed by atoms with van der Waals surface area (Å²) < 4.78 is 1.92. The SMILES string of the molecule is Cc1ccc(C(=O)NC(C)c2nc3ccccc3n2CC(=O)NC2CCCCC2)cc1. The van der Waals surface area contributed by atoms with Crippen LogP contribution in [0.25, 0.3) is 11.0 Å². The number of carbonyl (C=O) groups is 2. The number of hydrogen-bond acceptors (Lipinski definition) is 3. The molecule has 1 unspecified atom stereocenters. The maximum atomic E-state index is 12.8. The highest BCUT2D eigenvalue weighted by Crippen LogP contribution is 2.22. The zero-order valence-corrected chi connectivity index (χ0v) is 18.2. The number of aryl methyl sites for hydroxylation is 1. The average Bonchev–Trinajstić information content (AvgIpc) is 3.13. The van der Waals surface area contributed by atoms with Crippen molar-refractivity contribution >= 4 is 22.8 Å². The normalized spacial score (nSPS) is 15.5. The number of hydrogen-bond donors (Lipinski definition) is 2. The van der Waals surface area contributed by atoms with Crippen LogP contribution in [0.2, 0.25) is 0 Å². The molecular formula is C25H30N4O2. The second kappa shape index (κ2) is 9.33. The number of rotatable bonds is 6. The van der Waals surface area contributed by atoms with E-state index < -0.39 is 0 Å². The number of imidazole rings is 1. The van der Waals surface area contributed by atoms with Gasteiger partial charge in [0.25, 0.3) is 5.91 Å². The van der Waals surface area contributed by atoms with Gasteiger partial charge in [-0.25, -0.2) is 4.98 Å². The third kappa shape index (κ3) is 4.95. The summed E-state index contributed by atoms with van der Waals surface area (Å²) in [6.45, 7) is 4.09. The van der Waals surface area contributed by atoms with E-state index in [1.807, 2.05) is 66.9 Å². The summed E-state index contributed by atoms with van der Waals surface area (Å²) in [5.41, 5.74) is 3.43. The summed E-state index contributed by atoms with van der Waals surface area (Å²) >= 11 is 0. The van der Waals surface area contributed by atoms with Gasteiger partial charge >= 0.3 is 0 Å². The minimum atomic E-state index is -0.344. The number of benzene rings is 2. The van der Waals surface area contributed by atoms with E-state index in [0.29, 0.717) is 11.4 Å². The van der Waals surface area contributed by atoms with Gasteiger partial charge in [0.2, 0.25) is 5.91 Å². The number of aromatic nitrogens is 2. The first-order valence-electron chi connectivity index (χ1n) is 11.1. The first-order chi connectivity index (χ1) is 15.0. The summed E-state index contributed by atoms with van der Waals surface area (Å²) in [6, 6.07) is 15.2. The minimum Gasteiger partial charge on any atom is -0.352 e. The van der Waals surface area contributed by atoms with Gasteiger partial charge in [-0.05, 0) is 51.0 Å². The van der Waals surface area contributed by atoms with Gasteiger partial charge in [-0.15, -0.1) is 0 Å². The lowest BCUT2D eigenvalue weighted by Crippen LogP contribution is -2.38. The Labute approximate surface area is 183 Å². The van der Waals surface area contributed by atoms with Crippen LogP contribution in [-0.2, 0) is 11.3 Å². The Balaban J connectivity index is 1.54. The Hall–Kier alpha value is -3.15. The van der Waals surface area contributed by atoms with Gasteiger partial charge in [0.05, 0.1) is 17.1 Å². The van der Waals surface area contributed by atoms with E-state index in [0.717, 1.165) is 29.4 Å². The first kappa shape index (κ1) is 21.1. The highest BCUT2D eigenvalue weighted by atomic mass is 16.2. The lowest BCUT2D eigenvalue weighted by atomic mass is 9.95. The topological polar surface area (TPSA) is 76.0 Å². The van der Waals surface area contributed by atoms with Crippen molar-refractivity contribution in [2.45, 2.75) is 64.6 Å². The highest BCUT2D eigenvalue weighted by molar-refractivity contribution is 5.94. The Kier molecular flexibility index (Phi) is 6.35. The fourth-order valence-electron chi connectivity index (χ4n) is 4.30. The zero-order valence-electron chi connectivity index (χ0n) is 18.2. The molecule has 31 heavy (non-hydrogen) atoms. The third-order valence-corrected chi connectivity index (χ3v) is 6.00. The number of para-hydroxylation sites is 2. The van der Waals surface area contributed by atoms with Crippen LogP contribution in [0.4, 0.5) is 0 Å². The summed E-state index contributed by atoms with van der Waals surface area (Å²) in [4.78, 5) is 30.3. The predicted octanol–water partition coefficient (Wildman–Crippen LogP) is 4.28. The largest absolute Gasteiger partial charge is 0.352 e. The standard InChI is InChI=1S/C25H30N4O2/c1-17-12-14-19(15-13-17)25(31)26-18(2)24-28-21-10-6-7-11-22(21)29(24)16-23(30)27-20-8-4-3-5-9-20/h6-7,10-15,18,20H,3-5,8-9,16H2,1-2H3,(H,26,31)(H,27,30). The number of nitrogens with one attached hydrogen (secondary N) is 2. The Morgan fingerprint density at radius 3 is 2.52 bits per heavy atom. The average molecular weight is 419 g/mol. The Morgan fingerprint density at radius 2 is 1.77 bits per heavy atom. The molecule has 1 aromatic heterocycles. The molecular weight excluding hydrogens is 388 g/mol. The lowest BCUT2D eigenvalue weighted by Gasteiger charge is -2.23. The smallest absolute Gasteiger partial charge is 0.251 e. The van der Waals surface area contributed by atoms with Gasteiger partial charge in [0.15, 0.2) is 0 Å². The van der Waals surface area contributed by atoms with E-state index in [4.69, 9.17) is 4.98 Å². The summed E-state index contributed by atoms with van der Waals surface area (Å²) in [7, 11) is 0. The van der Waals surface area contributed by atoms with Crippen LogP contribution >= 0.6 is 0 Å². The molecule has 2 amide bonds. The van der Waals surface area contributed by atoms with Crippen LogP contribution in [0.15, 0.2) is 48.5 Å². The molecule has 2 N–H and O–H groups in total. The van der Waals surface area contributed by atoms with Crippen molar-refractivity contribution in [3.05, 3.63) is 65.5 Å². The van der Waals surface area contributed by atoms with E-state index in [2.05, 4.69) is 10.6 Å². The van der Waals surface area contributed by atoms with Crippen molar-refractivity contribution in [2.75, 3.05) is 0 Å². The quantitative estimate of drug-likeness (QED) is 0.627. The van der Waals surface area contributed by atoms with Crippen LogP contribution in [0.3, 0.4) is 0 Å². The molecule has 6 heteroatoms. The first-order valence-corrected chi connectivity index (χ1v) is 11.1. The zero-order chi connectivity index (χ0) is 21.8. The molecule has 1 aliphatic carbocycles. The lowest BCUT2D eigenvalue weighted by molar-refractivity contribution is -0.122. The molecule has 0 saturated heterocycles. The maximum Gasteiger partial charge on any atom is 0.251 e. The van der Waals surface area contributed by atoms with E-state index in [9.17, 15) is 9.59 Å². The molecule has 0 aliphatic heterocycles. The van der Waals surface area contributed by atoms with Crippen molar-refractivity contribution in [1.82, 2.24) is 20.2 Å². The van der Waals surface area contributed by atoms with Crippen LogP contribution in [0, 0.1) is 6.92 Å². The molecule has 1 fully saturated rings. The molecule has 3 aromatic rings. The molecule has 0 radical (unpaired) electrons. The van der Waals surface area contributed by atoms with Crippen molar-refractivity contribution in [3.8, 4) is 0 Å². The molecule has 0 spiro atoms. The molecule has 4 rings (SSSR count). The molecule has 6 nitrogen and oxygen atoms in total. The highest BCUT2D eigenvalue weighted by Gasteiger charge is 2.22. The minimum absolute atomic E-state index is 0.00614. The van der Waals surface area contributed by atoms with E-state index in [1.165, 1.54) is 19.3 Å². The molecule has 1 aliphatic rings. The van der Waals surface area contributed by atoms with E-state index >= 15 is 0 Å². The maximum absolute atomic E-state index is 12.8. The second-order valence-electron chi connectivity index (χ2n) is 8.51. The van der Waals surface area contributed by atoms with Crippen LogP contribution < -0.4 is 10.6 Å². The van der Waals surface area contributed by atoms with Crippen molar-refractivity contribution in [2.24, 2.45) is 0 Å². The predicted molar refractivity (Wildman–Crippen MR) is 122 cm³/mol. The van der Waals surface area contributed by atoms with Crippen LogP contribution in [0.1, 0.15) is 66.8 Å². The molecule has 1 saturated carbocycles. The monoisotopic (exact) mass is 418 g/mol. The second-order valence-corrected chi connectivity index (χ2v) is 8.51. The number of fused-ring (bicyclic) bond motifs is 1. The third-order valence-electron chi connectivity index (χ3n) is 6.00.